The van der Waals surface area contributed by atoms with Gasteiger partial charge < -0.3 is 9.84 Å². The van der Waals surface area contributed by atoms with Crippen molar-refractivity contribution in [2.45, 2.75) is 26.2 Å². The number of benzene rings is 2. The molecular weight excluding hydrogens is 546 g/mol. The van der Waals surface area contributed by atoms with E-state index in [4.69, 9.17) is 21.4 Å². The number of ether oxygens (including phenoxy) is 1. The van der Waals surface area contributed by atoms with Crippen LogP contribution in [0.5, 0.6) is 11.5 Å². The van der Waals surface area contributed by atoms with Crippen LogP contribution in [0.25, 0.3) is 20.7 Å². The average Bonchev–Trinajstić information content (AvgIpc) is 3.53. The van der Waals surface area contributed by atoms with E-state index in [0.717, 1.165) is 31.7 Å². The predicted octanol–water partition coefficient (Wildman–Crippen LogP) is 6.77. The first-order valence-corrected chi connectivity index (χ1v) is 14.1. The van der Waals surface area contributed by atoms with E-state index in [-0.39, 0.29) is 17.6 Å². The Balaban J connectivity index is 1.45. The maximum Gasteiger partial charge on any atom is 0.242 e. The molecule has 3 unspecified atom stereocenters. The van der Waals surface area contributed by atoms with E-state index in [1.54, 1.807) is 47.3 Å². The van der Waals surface area contributed by atoms with Crippen LogP contribution in [0.3, 0.4) is 0 Å². The zero-order valence-corrected chi connectivity index (χ0v) is 24.1. The predicted molar refractivity (Wildman–Crippen MR) is 158 cm³/mol. The van der Waals surface area contributed by atoms with Crippen molar-refractivity contribution in [1.29, 1.82) is 0 Å². The first-order chi connectivity index (χ1) is 19.1. The second-order valence-electron chi connectivity index (χ2n) is 10.5. The van der Waals surface area contributed by atoms with Crippen LogP contribution in [0, 0.1) is 18.3 Å². The summed E-state index contributed by atoms with van der Waals surface area (Å²) < 4.78 is 8.04. The average molecular weight is 574 g/mol. The number of imide groups is 1. The maximum absolute atomic E-state index is 14.4. The van der Waals surface area contributed by atoms with Gasteiger partial charge in [-0.05, 0) is 72.7 Å². The van der Waals surface area contributed by atoms with Gasteiger partial charge in [0, 0.05) is 28.8 Å². The fourth-order valence-electron chi connectivity index (χ4n) is 6.34. The molecule has 7 nitrogen and oxygen atoms in total. The normalized spacial score (nSPS) is 22.5. The van der Waals surface area contributed by atoms with Crippen LogP contribution >= 0.6 is 22.9 Å². The largest absolute Gasteiger partial charge is 0.504 e. The quantitative estimate of drug-likeness (QED) is 0.266. The minimum absolute atomic E-state index is 0.00423. The summed E-state index contributed by atoms with van der Waals surface area (Å²) in [7, 11) is 3.23. The number of hydrogen-bond acceptors (Lipinski definition) is 6. The summed E-state index contributed by atoms with van der Waals surface area (Å²) >= 11 is 7.84. The van der Waals surface area contributed by atoms with Gasteiger partial charge in [0.1, 0.15) is 11.5 Å². The number of methoxy groups -OCH3 is 1. The zero-order valence-electron chi connectivity index (χ0n) is 22.6. The Morgan fingerprint density at radius 1 is 1.23 bits per heavy atom. The van der Waals surface area contributed by atoms with Gasteiger partial charge in [0.15, 0.2) is 11.5 Å². The lowest BCUT2D eigenvalue weighted by Gasteiger charge is -2.40. The van der Waals surface area contributed by atoms with E-state index >= 15 is 0 Å². The van der Waals surface area contributed by atoms with Crippen molar-refractivity contribution in [2.24, 2.45) is 18.4 Å². The third-order valence-electron chi connectivity index (χ3n) is 8.42. The third-order valence-corrected chi connectivity index (χ3v) is 9.95. The van der Waals surface area contributed by atoms with Gasteiger partial charge in [0.25, 0.3) is 0 Å². The van der Waals surface area contributed by atoms with E-state index in [0.29, 0.717) is 28.7 Å². The minimum Gasteiger partial charge on any atom is -0.504 e. The first-order valence-electron chi connectivity index (χ1n) is 12.9. The van der Waals surface area contributed by atoms with Crippen LogP contribution in [0.2, 0.25) is 5.02 Å². The standard InChI is InChI=1S/C31H28ClN3O4S/c1-6-17-7-10-21-29(37)35(30(38)31(21,3)27(17)18-8-11-23(36)24(13-18)39-5)26-15-22(33-34(26)4)28-16(2)20-14-19(32)9-12-25(20)40-28/h6-9,11-15,21,27,36H,1,10H2,2-5H3. The molecule has 0 saturated carbocycles. The monoisotopic (exact) mass is 573 g/mol. The van der Waals surface area contributed by atoms with Crippen molar-refractivity contribution in [3.63, 3.8) is 0 Å². The van der Waals surface area contributed by atoms with Crippen LogP contribution in [-0.4, -0.2) is 33.8 Å². The number of carbonyl (C=O) groups excluding carboxylic acids is 2. The van der Waals surface area contributed by atoms with E-state index in [1.807, 2.05) is 44.2 Å². The summed E-state index contributed by atoms with van der Waals surface area (Å²) in [6.07, 6.45) is 4.15. The molecule has 0 spiro atoms. The second-order valence-corrected chi connectivity index (χ2v) is 12.0. The van der Waals surface area contributed by atoms with Crippen LogP contribution in [0.1, 0.15) is 30.4 Å². The number of amides is 2. The van der Waals surface area contributed by atoms with Crippen molar-refractivity contribution < 1.29 is 19.4 Å². The van der Waals surface area contributed by atoms with Gasteiger partial charge in [0.2, 0.25) is 11.8 Å². The lowest BCUT2D eigenvalue weighted by Crippen LogP contribution is -2.41. The number of aromatic hydroxyl groups is 1. The number of anilines is 1. The van der Waals surface area contributed by atoms with E-state index < -0.39 is 17.3 Å². The number of aryl methyl sites for hydroxylation is 2. The van der Waals surface area contributed by atoms with E-state index in [1.165, 1.54) is 12.0 Å². The number of hydrogen-bond donors (Lipinski definition) is 1. The molecule has 6 rings (SSSR count). The van der Waals surface area contributed by atoms with Gasteiger partial charge in [-0.15, -0.1) is 11.3 Å². The van der Waals surface area contributed by atoms with Crippen molar-refractivity contribution in [3.8, 4) is 22.1 Å². The van der Waals surface area contributed by atoms with Crippen LogP contribution in [-0.2, 0) is 16.6 Å². The fraction of sp³-hybridized carbons (Fsp3) is 0.258. The minimum atomic E-state index is -1.08. The number of thiophene rings is 1. The van der Waals surface area contributed by atoms with Gasteiger partial charge in [-0.25, -0.2) is 4.90 Å². The molecule has 2 aromatic carbocycles. The molecule has 3 heterocycles. The molecule has 2 aliphatic rings. The van der Waals surface area contributed by atoms with Crippen molar-refractivity contribution in [2.75, 3.05) is 12.0 Å². The summed E-state index contributed by atoms with van der Waals surface area (Å²) in [5.41, 5.74) is 2.29. The molecule has 204 valence electrons. The lowest BCUT2D eigenvalue weighted by molar-refractivity contribution is -0.127. The summed E-state index contributed by atoms with van der Waals surface area (Å²) in [5.74, 6) is -0.834. The first kappa shape index (κ1) is 26.3. The highest BCUT2D eigenvalue weighted by Gasteiger charge is 2.62. The smallest absolute Gasteiger partial charge is 0.242 e. The Hall–Kier alpha value is -3.88. The number of halogens is 1. The molecule has 1 aliphatic carbocycles. The molecule has 3 atom stereocenters. The van der Waals surface area contributed by atoms with Crippen molar-refractivity contribution in [1.82, 2.24) is 9.78 Å². The molecule has 1 fully saturated rings. The molecule has 9 heteroatoms. The molecule has 1 aliphatic heterocycles. The van der Waals surface area contributed by atoms with Gasteiger partial charge in [0.05, 0.1) is 23.3 Å². The Morgan fingerprint density at radius 2 is 2.00 bits per heavy atom. The maximum atomic E-state index is 14.4. The number of carbonyl (C=O) groups is 2. The van der Waals surface area contributed by atoms with Gasteiger partial charge >= 0.3 is 0 Å². The lowest BCUT2D eigenvalue weighted by atomic mass is 9.60. The molecule has 4 aromatic rings. The Kier molecular flexibility index (Phi) is 6.16. The topological polar surface area (TPSA) is 84.7 Å². The molecule has 2 aromatic heterocycles. The molecule has 1 saturated heterocycles. The molecule has 40 heavy (non-hydrogen) atoms. The fourth-order valence-corrected chi connectivity index (χ4v) is 7.65. The Labute approximate surface area is 240 Å². The number of rotatable bonds is 5. The number of phenols is 1. The number of nitrogens with zero attached hydrogens (tertiary/aromatic N) is 3. The highest BCUT2D eigenvalue weighted by atomic mass is 35.5. The summed E-state index contributed by atoms with van der Waals surface area (Å²) in [6, 6.07) is 12.7. The summed E-state index contributed by atoms with van der Waals surface area (Å²) in [5, 5.41) is 16.6. The summed E-state index contributed by atoms with van der Waals surface area (Å²) in [6.45, 7) is 7.87. The highest BCUT2D eigenvalue weighted by molar-refractivity contribution is 7.22. The SMILES string of the molecule is C=CC1=CCC2C(=O)N(c3cc(-c4sc5ccc(Cl)cc5c4C)nn3C)C(=O)C2(C)C1c1ccc(O)c(OC)c1. The molecular formula is C31H28ClN3O4S. The number of fused-ring (bicyclic) bond motifs is 2. The molecule has 1 N–H and O–H groups in total. The number of phenolic OH excluding ortho intramolecular Hbond substituents is 1. The van der Waals surface area contributed by atoms with Crippen LogP contribution < -0.4 is 9.64 Å². The summed E-state index contributed by atoms with van der Waals surface area (Å²) in [4.78, 5) is 30.6. The second kappa shape index (κ2) is 9.35. The van der Waals surface area contributed by atoms with Crippen LogP contribution in [0.4, 0.5) is 5.82 Å². The molecule has 0 bridgehead atoms. The molecule has 0 radical (unpaired) electrons. The van der Waals surface area contributed by atoms with Gasteiger partial charge in [-0.2, -0.15) is 5.10 Å². The van der Waals surface area contributed by atoms with Crippen molar-refractivity contribution in [3.05, 3.63) is 82.9 Å². The van der Waals surface area contributed by atoms with Gasteiger partial charge in [-0.1, -0.05) is 36.4 Å². The molecule has 2 amide bonds. The third kappa shape index (κ3) is 3.66. The van der Waals surface area contributed by atoms with Crippen LogP contribution in [0.15, 0.2) is 66.8 Å². The van der Waals surface area contributed by atoms with E-state index in [2.05, 4.69) is 6.58 Å². The number of aromatic nitrogens is 2. The Morgan fingerprint density at radius 3 is 2.73 bits per heavy atom. The van der Waals surface area contributed by atoms with E-state index in [9.17, 15) is 14.7 Å². The Bertz CT molecular complexity index is 1770. The highest BCUT2D eigenvalue weighted by Crippen LogP contribution is 2.57. The number of allylic oxidation sites excluding steroid dienone is 3. The van der Waals surface area contributed by atoms with Crippen molar-refractivity contribution >= 4 is 50.7 Å². The zero-order chi connectivity index (χ0) is 28.5. The van der Waals surface area contributed by atoms with Gasteiger partial charge in [-0.3, -0.25) is 14.3 Å².